The third-order valence-electron chi connectivity index (χ3n) is 13.7. The van der Waals surface area contributed by atoms with Gasteiger partial charge in [0.1, 0.15) is 17.9 Å². The van der Waals surface area contributed by atoms with Crippen molar-refractivity contribution in [1.82, 2.24) is 20.0 Å². The second kappa shape index (κ2) is 15.5. The lowest BCUT2D eigenvalue weighted by atomic mass is 9.43. The number of nitrogens with one attached hydrogen (secondary N) is 1. The molecule has 0 spiro atoms. The van der Waals surface area contributed by atoms with E-state index in [1.165, 1.54) is 0 Å². The second-order valence-electron chi connectivity index (χ2n) is 17.5. The number of carbonyl (C=O) groups is 3. The molecule has 4 heterocycles. The van der Waals surface area contributed by atoms with Crippen LogP contribution in [0.4, 0.5) is 9.59 Å². The maximum Gasteiger partial charge on any atom is 0.481 e. The monoisotopic (exact) mass is 752 g/mol. The molecule has 2 aromatic carbocycles. The molecule has 12 heteroatoms. The van der Waals surface area contributed by atoms with Crippen molar-refractivity contribution in [2.24, 2.45) is 17.3 Å². The van der Waals surface area contributed by atoms with Gasteiger partial charge in [0, 0.05) is 32.6 Å². The molecule has 4 amide bonds. The minimum atomic E-state index is -0.843. The highest BCUT2D eigenvalue weighted by molar-refractivity contribution is 6.48. The number of methoxy groups -OCH3 is 1. The van der Waals surface area contributed by atoms with Crippen LogP contribution < -0.4 is 10.1 Å². The molecule has 2 saturated heterocycles. The molecule has 55 heavy (non-hydrogen) atoms. The molecule has 3 aliphatic carbocycles. The van der Waals surface area contributed by atoms with E-state index in [9.17, 15) is 14.4 Å². The summed E-state index contributed by atoms with van der Waals surface area (Å²) in [5.74, 6) is 1.12. The predicted octanol–water partition coefficient (Wildman–Crippen LogP) is 6.88. The standard InChI is InChI=1S/C43H57BN4O7/c1-42(2)32-22-36(42)43(3)37(23-32)54-44(55-43)38-16-10-8-6-5-7-9-13-21-46(25-29-17-19-33(52-4)20-18-29)40(50)48-28-34(24-35(48)39(49)45-38)53-41(51)47-26-30-14-11-12-15-31(30)27-47/h9,11-15,17-20,32,34-38H,5-8,10,16,21-28H2,1-4H3,(H,45,49)/t32-,34-,35+,36-,37?,38+,43-/m1/s1. The van der Waals surface area contributed by atoms with Crippen LogP contribution in [0.1, 0.15) is 95.2 Å². The summed E-state index contributed by atoms with van der Waals surface area (Å²) >= 11 is 0. The normalized spacial score (nSPS) is 32.0. The van der Waals surface area contributed by atoms with Gasteiger partial charge in [0.2, 0.25) is 5.91 Å². The van der Waals surface area contributed by atoms with Crippen molar-refractivity contribution in [3.63, 3.8) is 0 Å². The molecular formula is C43H57BN4O7. The van der Waals surface area contributed by atoms with Gasteiger partial charge >= 0.3 is 19.2 Å². The van der Waals surface area contributed by atoms with E-state index >= 15 is 0 Å². The number of carbonyl (C=O) groups excluding carboxylic acids is 3. The Morgan fingerprint density at radius 3 is 2.42 bits per heavy atom. The maximum atomic E-state index is 14.7. The SMILES string of the molecule is COc1ccc(CN2CC=CCCCCCC[C@@H](B3OC4C[C@H]5C[C@H](C5(C)C)[C@@]4(C)O3)NC(=O)[C@@H]3C[C@@H](OC(=O)N4Cc5ccccc5C4)CN3C2=O)cc1. The number of hydrogen-bond acceptors (Lipinski definition) is 7. The average Bonchev–Trinajstić information content (AvgIpc) is 3.90. The first-order valence-electron chi connectivity index (χ1n) is 20.5. The highest BCUT2D eigenvalue weighted by Crippen LogP contribution is 2.65. The molecule has 4 aliphatic heterocycles. The summed E-state index contributed by atoms with van der Waals surface area (Å²) in [6.07, 6.45) is 11.2. The van der Waals surface area contributed by atoms with Gasteiger partial charge in [-0.2, -0.15) is 0 Å². The summed E-state index contributed by atoms with van der Waals surface area (Å²) in [7, 11) is 1.06. The highest BCUT2D eigenvalue weighted by atomic mass is 16.7. The summed E-state index contributed by atoms with van der Waals surface area (Å²) in [4.78, 5) is 48.0. The molecule has 9 rings (SSSR count). The van der Waals surface area contributed by atoms with E-state index in [1.807, 2.05) is 48.5 Å². The predicted molar refractivity (Wildman–Crippen MR) is 209 cm³/mol. The van der Waals surface area contributed by atoms with Gasteiger partial charge in [-0.25, -0.2) is 9.59 Å². The van der Waals surface area contributed by atoms with E-state index in [4.69, 9.17) is 18.8 Å². The van der Waals surface area contributed by atoms with Crippen molar-refractivity contribution in [3.05, 3.63) is 77.4 Å². The number of rotatable bonds is 5. The fourth-order valence-corrected chi connectivity index (χ4v) is 10.3. The number of amides is 4. The Balaban J connectivity index is 1.04. The minimum Gasteiger partial charge on any atom is -0.497 e. The Labute approximate surface area is 326 Å². The summed E-state index contributed by atoms with van der Waals surface area (Å²) < 4.78 is 25.1. The van der Waals surface area contributed by atoms with E-state index in [2.05, 4.69) is 38.2 Å². The van der Waals surface area contributed by atoms with Gasteiger partial charge in [0.15, 0.2) is 0 Å². The van der Waals surface area contributed by atoms with E-state index in [1.54, 1.807) is 21.8 Å². The van der Waals surface area contributed by atoms with Crippen LogP contribution in [0.5, 0.6) is 5.75 Å². The van der Waals surface area contributed by atoms with Crippen LogP contribution >= 0.6 is 0 Å². The van der Waals surface area contributed by atoms with Crippen LogP contribution in [0.25, 0.3) is 0 Å². The fourth-order valence-electron chi connectivity index (χ4n) is 10.3. The Morgan fingerprint density at radius 2 is 1.69 bits per heavy atom. The largest absolute Gasteiger partial charge is 0.497 e. The zero-order chi connectivity index (χ0) is 38.3. The van der Waals surface area contributed by atoms with Gasteiger partial charge in [-0.1, -0.05) is 81.7 Å². The van der Waals surface area contributed by atoms with Crippen LogP contribution in [0, 0.1) is 17.3 Å². The molecule has 0 aromatic heterocycles. The molecule has 3 saturated carbocycles. The van der Waals surface area contributed by atoms with Gasteiger partial charge in [-0.15, -0.1) is 0 Å². The minimum absolute atomic E-state index is 0.00471. The topological polar surface area (TPSA) is 110 Å². The lowest BCUT2D eigenvalue weighted by Gasteiger charge is -2.64. The van der Waals surface area contributed by atoms with Gasteiger partial charge in [-0.05, 0) is 85.1 Å². The Kier molecular flexibility index (Phi) is 10.7. The first-order valence-corrected chi connectivity index (χ1v) is 20.5. The lowest BCUT2D eigenvalue weighted by Crippen LogP contribution is -2.65. The van der Waals surface area contributed by atoms with Crippen LogP contribution in [0.15, 0.2) is 60.7 Å². The number of allylic oxidation sites excluding steroid dienone is 1. The fraction of sp³-hybridized carbons (Fsp3) is 0.605. The summed E-state index contributed by atoms with van der Waals surface area (Å²) in [5, 5.41) is 3.35. The van der Waals surface area contributed by atoms with Crippen molar-refractivity contribution in [2.45, 2.75) is 128 Å². The van der Waals surface area contributed by atoms with E-state index in [0.29, 0.717) is 44.4 Å². The number of benzene rings is 2. The number of fused-ring (bicyclic) bond motifs is 2. The van der Waals surface area contributed by atoms with Crippen LogP contribution in [-0.4, -0.2) is 89.8 Å². The zero-order valence-electron chi connectivity index (χ0n) is 32.9. The van der Waals surface area contributed by atoms with Gasteiger partial charge in [0.25, 0.3) is 0 Å². The molecule has 11 nitrogen and oxygen atoms in total. The molecule has 2 bridgehead atoms. The molecule has 7 atom stereocenters. The molecule has 1 unspecified atom stereocenters. The molecule has 294 valence electrons. The third kappa shape index (κ3) is 7.48. The van der Waals surface area contributed by atoms with Gasteiger partial charge in [-0.3, -0.25) is 9.69 Å². The van der Waals surface area contributed by atoms with Crippen molar-refractivity contribution in [3.8, 4) is 5.75 Å². The Bertz CT molecular complexity index is 1750. The number of nitrogens with zero attached hydrogens (tertiary/aromatic N) is 3. The molecule has 2 aromatic rings. The summed E-state index contributed by atoms with van der Waals surface area (Å²) in [6, 6.07) is 14.6. The zero-order valence-corrected chi connectivity index (χ0v) is 32.9. The van der Waals surface area contributed by atoms with E-state index in [0.717, 1.165) is 67.4 Å². The first kappa shape index (κ1) is 37.9. The Hall–Kier alpha value is -4.03. The van der Waals surface area contributed by atoms with Crippen molar-refractivity contribution >= 4 is 25.1 Å². The molecule has 5 fully saturated rings. The Morgan fingerprint density at radius 1 is 0.945 bits per heavy atom. The first-order chi connectivity index (χ1) is 26.5. The molecular weight excluding hydrogens is 695 g/mol. The van der Waals surface area contributed by atoms with Crippen LogP contribution in [-0.2, 0) is 38.5 Å². The number of urea groups is 1. The molecule has 0 radical (unpaired) electrons. The van der Waals surface area contributed by atoms with Crippen LogP contribution in [0.2, 0.25) is 0 Å². The summed E-state index contributed by atoms with van der Waals surface area (Å²) in [5.41, 5.74) is 2.95. The van der Waals surface area contributed by atoms with Gasteiger partial charge in [0.05, 0.1) is 31.3 Å². The van der Waals surface area contributed by atoms with E-state index < -0.39 is 31.0 Å². The lowest BCUT2D eigenvalue weighted by molar-refractivity contribution is -0.199. The number of hydrogen-bond donors (Lipinski definition) is 1. The van der Waals surface area contributed by atoms with Crippen LogP contribution in [0.3, 0.4) is 0 Å². The molecule has 7 aliphatic rings. The quantitative estimate of drug-likeness (QED) is 0.262. The van der Waals surface area contributed by atoms with Gasteiger partial charge < -0.3 is 33.9 Å². The third-order valence-corrected chi connectivity index (χ3v) is 13.7. The van der Waals surface area contributed by atoms with E-state index in [-0.39, 0.29) is 42.4 Å². The highest BCUT2D eigenvalue weighted by Gasteiger charge is 2.68. The second-order valence-corrected chi connectivity index (χ2v) is 17.5. The van der Waals surface area contributed by atoms with Crippen molar-refractivity contribution in [1.29, 1.82) is 0 Å². The maximum absolute atomic E-state index is 14.7. The summed E-state index contributed by atoms with van der Waals surface area (Å²) in [6.45, 7) is 8.69. The van der Waals surface area contributed by atoms with Crippen molar-refractivity contribution < 1.29 is 33.2 Å². The van der Waals surface area contributed by atoms with Crippen molar-refractivity contribution in [2.75, 3.05) is 20.2 Å². The average molecular weight is 753 g/mol. The molecule has 1 N–H and O–H groups in total. The smallest absolute Gasteiger partial charge is 0.481 e. The number of ether oxygens (including phenoxy) is 2.